The van der Waals surface area contributed by atoms with Crippen LogP contribution in [0.4, 0.5) is 14.9 Å². The molecule has 2 bridgehead atoms. The van der Waals surface area contributed by atoms with Crippen LogP contribution in [0.1, 0.15) is 25.7 Å². The fourth-order valence-electron chi connectivity index (χ4n) is 4.18. The van der Waals surface area contributed by atoms with Crippen molar-refractivity contribution < 1.29 is 13.9 Å². The predicted octanol–water partition coefficient (Wildman–Crippen LogP) is 5.23. The summed E-state index contributed by atoms with van der Waals surface area (Å²) in [4.78, 5) is 12.3. The Kier molecular flexibility index (Phi) is 5.32. The molecule has 2 saturated heterocycles. The van der Waals surface area contributed by atoms with E-state index in [1.807, 2.05) is 0 Å². The summed E-state index contributed by atoms with van der Waals surface area (Å²) in [5, 5.41) is 6.83. The van der Waals surface area contributed by atoms with Crippen molar-refractivity contribution in [2.24, 2.45) is 5.92 Å². The Bertz CT molecular complexity index is 833. The lowest BCUT2D eigenvalue weighted by atomic mass is 9.93. The summed E-state index contributed by atoms with van der Waals surface area (Å²) in [6.07, 6.45) is 4.02. The number of hydrogen-bond acceptors (Lipinski definition) is 3. The van der Waals surface area contributed by atoms with E-state index in [1.54, 1.807) is 30.3 Å². The topological polar surface area (TPSA) is 50.4 Å². The number of halogens is 2. The summed E-state index contributed by atoms with van der Waals surface area (Å²) in [5.41, 5.74) is 1.86. The second-order valence-corrected chi connectivity index (χ2v) is 7.84. The molecule has 0 radical (unpaired) electrons. The van der Waals surface area contributed by atoms with Gasteiger partial charge in [-0.25, -0.2) is 9.18 Å². The van der Waals surface area contributed by atoms with Crippen molar-refractivity contribution in [3.63, 3.8) is 0 Å². The molecule has 2 aliphatic rings. The van der Waals surface area contributed by atoms with Crippen LogP contribution in [0.5, 0.6) is 0 Å². The van der Waals surface area contributed by atoms with Gasteiger partial charge in [-0.05, 0) is 61.4 Å². The zero-order valence-corrected chi connectivity index (χ0v) is 15.6. The minimum Gasteiger partial charge on any atom is -0.449 e. The minimum atomic E-state index is -0.513. The fraction of sp³-hybridized carbons (Fsp3) is 0.381. The number of ether oxygens (including phenoxy) is 1. The van der Waals surface area contributed by atoms with Crippen LogP contribution in [0, 0.1) is 11.7 Å². The SMILES string of the molecule is O=C(Nc1cc(Cl)ccc1-c1cccc(F)c1)OCC1CC2CCC(C1)N2. The largest absolute Gasteiger partial charge is 0.449 e. The molecule has 27 heavy (non-hydrogen) atoms. The Morgan fingerprint density at radius 2 is 1.96 bits per heavy atom. The quantitative estimate of drug-likeness (QED) is 0.754. The van der Waals surface area contributed by atoms with Crippen molar-refractivity contribution in [1.29, 1.82) is 0 Å². The van der Waals surface area contributed by atoms with Gasteiger partial charge in [0.25, 0.3) is 0 Å². The summed E-state index contributed by atoms with van der Waals surface area (Å²) in [5.74, 6) is 0.0630. The molecule has 4 nitrogen and oxygen atoms in total. The first-order valence-electron chi connectivity index (χ1n) is 9.32. The number of rotatable bonds is 4. The number of anilines is 1. The van der Waals surface area contributed by atoms with Gasteiger partial charge < -0.3 is 10.1 Å². The van der Waals surface area contributed by atoms with Gasteiger partial charge in [-0.2, -0.15) is 0 Å². The standard InChI is InChI=1S/C21H22ClFN2O2/c22-15-4-7-19(14-2-1-3-16(23)10-14)20(11-15)25-21(26)27-12-13-8-17-5-6-18(9-13)24-17/h1-4,7,10-11,13,17-18,24H,5-6,8-9,12H2,(H,25,26). The summed E-state index contributed by atoms with van der Waals surface area (Å²) < 4.78 is 19.0. The molecule has 2 atom stereocenters. The Morgan fingerprint density at radius 1 is 1.19 bits per heavy atom. The number of benzene rings is 2. The van der Waals surface area contributed by atoms with Crippen LogP contribution in [-0.4, -0.2) is 24.8 Å². The summed E-state index contributed by atoms with van der Waals surface area (Å²) in [6.45, 7) is 0.413. The number of amides is 1. The van der Waals surface area contributed by atoms with E-state index in [1.165, 1.54) is 25.0 Å². The van der Waals surface area contributed by atoms with Crippen LogP contribution < -0.4 is 10.6 Å². The fourth-order valence-corrected chi connectivity index (χ4v) is 4.35. The first-order valence-corrected chi connectivity index (χ1v) is 9.70. The Morgan fingerprint density at radius 3 is 2.70 bits per heavy atom. The van der Waals surface area contributed by atoms with Gasteiger partial charge in [-0.15, -0.1) is 0 Å². The number of piperidine rings is 1. The molecular weight excluding hydrogens is 367 g/mol. The number of nitrogens with one attached hydrogen (secondary N) is 2. The maximum absolute atomic E-state index is 13.6. The highest BCUT2D eigenvalue weighted by molar-refractivity contribution is 6.31. The normalized spacial score (nSPS) is 23.9. The van der Waals surface area contributed by atoms with Crippen LogP contribution >= 0.6 is 11.6 Å². The van der Waals surface area contributed by atoms with Crippen LogP contribution in [0.2, 0.25) is 5.02 Å². The van der Waals surface area contributed by atoms with Crippen molar-refractivity contribution >= 4 is 23.4 Å². The van der Waals surface area contributed by atoms with Gasteiger partial charge >= 0.3 is 6.09 Å². The van der Waals surface area contributed by atoms with Crippen molar-refractivity contribution in [2.45, 2.75) is 37.8 Å². The molecule has 0 aromatic heterocycles. The molecule has 2 heterocycles. The maximum atomic E-state index is 13.6. The van der Waals surface area contributed by atoms with E-state index in [-0.39, 0.29) is 5.82 Å². The molecule has 0 aliphatic carbocycles. The lowest BCUT2D eigenvalue weighted by molar-refractivity contribution is 0.122. The third-order valence-corrected chi connectivity index (χ3v) is 5.61. The van der Waals surface area contributed by atoms with Gasteiger partial charge in [0.2, 0.25) is 0 Å². The molecule has 2 unspecified atom stereocenters. The Balaban J connectivity index is 1.42. The van der Waals surface area contributed by atoms with Gasteiger partial charge in [0.15, 0.2) is 0 Å². The van der Waals surface area contributed by atoms with E-state index in [0.29, 0.717) is 46.4 Å². The molecule has 0 saturated carbocycles. The van der Waals surface area contributed by atoms with Crippen molar-refractivity contribution in [3.05, 3.63) is 53.3 Å². The van der Waals surface area contributed by atoms with E-state index in [0.717, 1.165) is 12.8 Å². The van der Waals surface area contributed by atoms with Crippen LogP contribution in [0.25, 0.3) is 11.1 Å². The van der Waals surface area contributed by atoms with Crippen LogP contribution in [0.3, 0.4) is 0 Å². The van der Waals surface area contributed by atoms with Crippen LogP contribution in [0.15, 0.2) is 42.5 Å². The maximum Gasteiger partial charge on any atom is 0.411 e. The molecule has 142 valence electrons. The van der Waals surface area contributed by atoms with Crippen molar-refractivity contribution in [2.75, 3.05) is 11.9 Å². The number of fused-ring (bicyclic) bond motifs is 2. The van der Waals surface area contributed by atoms with Crippen molar-refractivity contribution in [1.82, 2.24) is 5.32 Å². The highest BCUT2D eigenvalue weighted by atomic mass is 35.5. The molecular formula is C21H22ClFN2O2. The molecule has 1 amide bonds. The molecule has 2 N–H and O–H groups in total. The lowest BCUT2D eigenvalue weighted by Crippen LogP contribution is -2.39. The van der Waals surface area contributed by atoms with Gasteiger partial charge in [-0.1, -0.05) is 29.8 Å². The van der Waals surface area contributed by atoms with Gasteiger partial charge in [0, 0.05) is 22.7 Å². The second kappa shape index (κ2) is 7.87. The van der Waals surface area contributed by atoms with Crippen molar-refractivity contribution in [3.8, 4) is 11.1 Å². The summed E-state index contributed by atoms with van der Waals surface area (Å²) >= 11 is 6.08. The van der Waals surface area contributed by atoms with E-state index in [9.17, 15) is 9.18 Å². The number of carbonyl (C=O) groups excluding carboxylic acids is 1. The van der Waals surface area contributed by atoms with Gasteiger partial charge in [-0.3, -0.25) is 5.32 Å². The van der Waals surface area contributed by atoms with E-state index >= 15 is 0 Å². The Hall–Kier alpha value is -2.11. The molecule has 4 rings (SSSR count). The molecule has 2 fully saturated rings. The molecule has 2 aromatic rings. The van der Waals surface area contributed by atoms with E-state index in [4.69, 9.17) is 16.3 Å². The molecule has 6 heteroatoms. The monoisotopic (exact) mass is 388 g/mol. The van der Waals surface area contributed by atoms with Gasteiger partial charge in [0.1, 0.15) is 5.82 Å². The second-order valence-electron chi connectivity index (χ2n) is 7.40. The Labute approximate surface area is 163 Å². The van der Waals surface area contributed by atoms with E-state index in [2.05, 4.69) is 10.6 Å². The summed E-state index contributed by atoms with van der Waals surface area (Å²) in [6, 6.07) is 12.5. The number of hydrogen-bond donors (Lipinski definition) is 2. The average molecular weight is 389 g/mol. The lowest BCUT2D eigenvalue weighted by Gasteiger charge is -2.28. The van der Waals surface area contributed by atoms with E-state index < -0.39 is 6.09 Å². The third kappa shape index (κ3) is 4.42. The molecule has 2 aliphatic heterocycles. The predicted molar refractivity (Wildman–Crippen MR) is 104 cm³/mol. The first kappa shape index (κ1) is 18.3. The zero-order chi connectivity index (χ0) is 18.8. The molecule has 0 spiro atoms. The first-order chi connectivity index (χ1) is 13.1. The minimum absolute atomic E-state index is 0.337. The number of carbonyl (C=O) groups is 1. The molecule has 2 aromatic carbocycles. The van der Waals surface area contributed by atoms with Gasteiger partial charge in [0.05, 0.1) is 12.3 Å². The summed E-state index contributed by atoms with van der Waals surface area (Å²) in [7, 11) is 0. The smallest absolute Gasteiger partial charge is 0.411 e. The highest BCUT2D eigenvalue weighted by Gasteiger charge is 2.33. The zero-order valence-electron chi connectivity index (χ0n) is 14.9. The highest BCUT2D eigenvalue weighted by Crippen LogP contribution is 2.32. The van der Waals surface area contributed by atoms with Crippen LogP contribution in [-0.2, 0) is 4.74 Å². The third-order valence-electron chi connectivity index (χ3n) is 5.37. The average Bonchev–Trinajstić information content (AvgIpc) is 2.98.